The molecule has 9 heteroatoms. The molecule has 3 N–H and O–H groups in total. The fraction of sp³-hybridized carbons (Fsp3) is 0.524. The van der Waals surface area contributed by atoms with Gasteiger partial charge in [0.15, 0.2) is 15.7 Å². The molecule has 0 radical (unpaired) electrons. The summed E-state index contributed by atoms with van der Waals surface area (Å²) in [5, 5.41) is 13.4. The van der Waals surface area contributed by atoms with Crippen LogP contribution in [0.25, 0.3) is 0 Å². The molecule has 2 aromatic rings. The fourth-order valence-electron chi connectivity index (χ4n) is 4.16. The second-order valence-electron chi connectivity index (χ2n) is 8.50. The lowest BCUT2D eigenvalue weighted by atomic mass is 10.0. The van der Waals surface area contributed by atoms with E-state index >= 15 is 0 Å². The van der Waals surface area contributed by atoms with Crippen molar-refractivity contribution in [3.8, 4) is 0 Å². The number of alkyl carbamates (subject to hydrolysis) is 1. The lowest BCUT2D eigenvalue weighted by molar-refractivity contribution is 0.0981. The van der Waals surface area contributed by atoms with E-state index in [0.29, 0.717) is 12.2 Å². The third-order valence-electron chi connectivity index (χ3n) is 5.64. The molecule has 1 aromatic carbocycles. The number of carbonyl (C=O) groups is 1. The molecule has 0 spiro atoms. The summed E-state index contributed by atoms with van der Waals surface area (Å²) >= 11 is 0. The number of benzene rings is 1. The summed E-state index contributed by atoms with van der Waals surface area (Å²) in [5.41, 5.74) is 3.78. The number of aryl methyl sites for hydroxylation is 1. The van der Waals surface area contributed by atoms with E-state index in [2.05, 4.69) is 20.8 Å². The SMILES string of the molecule is CC(C)NC(=O)O[C@@H]1CC[C@H](c2cc(Nc3ccc4c(c3)CS(=O)(=O)CC4)n[nH]2)C1. The fourth-order valence-corrected chi connectivity index (χ4v) is 5.58. The monoisotopic (exact) mass is 432 g/mol. The number of aromatic amines is 1. The molecule has 1 aliphatic carbocycles. The van der Waals surface area contributed by atoms with E-state index in [0.717, 1.165) is 41.8 Å². The Morgan fingerprint density at radius 3 is 2.87 bits per heavy atom. The number of hydrogen-bond acceptors (Lipinski definition) is 6. The topological polar surface area (TPSA) is 113 Å². The summed E-state index contributed by atoms with van der Waals surface area (Å²) in [5.74, 6) is 1.27. The number of anilines is 2. The number of nitrogens with one attached hydrogen (secondary N) is 3. The zero-order chi connectivity index (χ0) is 21.3. The van der Waals surface area contributed by atoms with Gasteiger partial charge in [-0.15, -0.1) is 0 Å². The lowest BCUT2D eigenvalue weighted by Crippen LogP contribution is -2.33. The van der Waals surface area contributed by atoms with Crippen molar-refractivity contribution in [2.75, 3.05) is 11.1 Å². The average Bonchev–Trinajstić information content (AvgIpc) is 3.29. The highest BCUT2D eigenvalue weighted by atomic mass is 32.2. The lowest BCUT2D eigenvalue weighted by Gasteiger charge is -2.17. The Kier molecular flexibility index (Phi) is 5.73. The maximum absolute atomic E-state index is 11.9. The van der Waals surface area contributed by atoms with E-state index in [9.17, 15) is 13.2 Å². The predicted octanol–water partition coefficient (Wildman–Crippen LogP) is 3.39. The summed E-state index contributed by atoms with van der Waals surface area (Å²) in [6.45, 7) is 3.80. The van der Waals surface area contributed by atoms with Crippen LogP contribution in [-0.2, 0) is 26.7 Å². The number of hydrogen-bond donors (Lipinski definition) is 3. The van der Waals surface area contributed by atoms with Crippen LogP contribution in [-0.4, -0.2) is 42.6 Å². The van der Waals surface area contributed by atoms with Gasteiger partial charge in [0, 0.05) is 29.4 Å². The van der Waals surface area contributed by atoms with Crippen LogP contribution in [0, 0.1) is 0 Å². The zero-order valence-corrected chi connectivity index (χ0v) is 18.1. The quantitative estimate of drug-likeness (QED) is 0.667. The molecule has 0 bridgehead atoms. The zero-order valence-electron chi connectivity index (χ0n) is 17.3. The van der Waals surface area contributed by atoms with Gasteiger partial charge in [-0.05, 0) is 62.8 Å². The second-order valence-corrected chi connectivity index (χ2v) is 10.7. The van der Waals surface area contributed by atoms with Crippen molar-refractivity contribution < 1.29 is 17.9 Å². The molecular weight excluding hydrogens is 404 g/mol. The molecule has 1 aromatic heterocycles. The minimum Gasteiger partial charge on any atom is -0.446 e. The Labute approximate surface area is 176 Å². The third-order valence-corrected chi connectivity index (χ3v) is 7.22. The Hall–Kier alpha value is -2.55. The molecule has 1 aliphatic heterocycles. The van der Waals surface area contributed by atoms with Gasteiger partial charge in [0.1, 0.15) is 6.10 Å². The number of H-pyrrole nitrogens is 1. The average molecular weight is 433 g/mol. The number of sulfone groups is 1. The second kappa shape index (κ2) is 8.29. The van der Waals surface area contributed by atoms with Crippen molar-refractivity contribution in [1.82, 2.24) is 15.5 Å². The van der Waals surface area contributed by atoms with E-state index in [4.69, 9.17) is 4.74 Å². The van der Waals surface area contributed by atoms with Crippen LogP contribution in [0.1, 0.15) is 55.8 Å². The van der Waals surface area contributed by atoms with E-state index in [1.54, 1.807) is 0 Å². The third kappa shape index (κ3) is 4.95. The molecule has 1 saturated carbocycles. The van der Waals surface area contributed by atoms with Gasteiger partial charge in [-0.1, -0.05) is 6.07 Å². The van der Waals surface area contributed by atoms with Gasteiger partial charge < -0.3 is 15.4 Å². The highest BCUT2D eigenvalue weighted by Gasteiger charge is 2.30. The molecule has 1 fully saturated rings. The number of rotatable bonds is 5. The van der Waals surface area contributed by atoms with Crippen LogP contribution >= 0.6 is 0 Å². The van der Waals surface area contributed by atoms with E-state index in [-0.39, 0.29) is 35.7 Å². The van der Waals surface area contributed by atoms with Crippen LogP contribution in [0.2, 0.25) is 0 Å². The minimum atomic E-state index is -3.00. The Morgan fingerprint density at radius 2 is 2.07 bits per heavy atom. The smallest absolute Gasteiger partial charge is 0.407 e. The molecule has 4 rings (SSSR count). The first kappa shape index (κ1) is 20.7. The van der Waals surface area contributed by atoms with Crippen molar-refractivity contribution >= 4 is 27.4 Å². The van der Waals surface area contributed by atoms with Crippen LogP contribution in [0.3, 0.4) is 0 Å². The largest absolute Gasteiger partial charge is 0.446 e. The van der Waals surface area contributed by atoms with Gasteiger partial charge in [-0.2, -0.15) is 5.10 Å². The van der Waals surface area contributed by atoms with Crippen LogP contribution in [0.15, 0.2) is 24.3 Å². The summed E-state index contributed by atoms with van der Waals surface area (Å²) in [6.07, 6.45) is 2.65. The minimum absolute atomic E-state index is 0.0552. The van der Waals surface area contributed by atoms with Crippen molar-refractivity contribution in [3.63, 3.8) is 0 Å². The molecule has 1 amide bonds. The highest BCUT2D eigenvalue weighted by Crippen LogP contribution is 2.36. The normalized spacial score (nSPS) is 22.5. The molecule has 30 heavy (non-hydrogen) atoms. The molecule has 0 saturated heterocycles. The molecule has 8 nitrogen and oxygen atoms in total. The van der Waals surface area contributed by atoms with Gasteiger partial charge in [-0.3, -0.25) is 5.10 Å². The first-order valence-corrected chi connectivity index (χ1v) is 12.2. The molecule has 162 valence electrons. The number of aromatic nitrogens is 2. The maximum Gasteiger partial charge on any atom is 0.407 e. The van der Waals surface area contributed by atoms with Crippen molar-refractivity contribution in [3.05, 3.63) is 41.1 Å². The molecule has 2 aliphatic rings. The number of amides is 1. The Balaban J connectivity index is 1.37. The summed E-state index contributed by atoms with van der Waals surface area (Å²) in [6, 6.07) is 7.86. The molecule has 2 heterocycles. The van der Waals surface area contributed by atoms with Gasteiger partial charge in [-0.25, -0.2) is 13.2 Å². The van der Waals surface area contributed by atoms with Crippen molar-refractivity contribution in [1.29, 1.82) is 0 Å². The first-order valence-electron chi connectivity index (χ1n) is 10.4. The Bertz CT molecular complexity index is 1030. The van der Waals surface area contributed by atoms with Crippen molar-refractivity contribution in [2.45, 2.75) is 63.3 Å². The summed E-state index contributed by atoms with van der Waals surface area (Å²) in [7, 11) is -3.00. The number of nitrogens with zero attached hydrogens (tertiary/aromatic N) is 1. The number of carbonyl (C=O) groups excluding carboxylic acids is 1. The maximum atomic E-state index is 11.9. The van der Waals surface area contributed by atoms with Gasteiger partial charge >= 0.3 is 6.09 Å². The van der Waals surface area contributed by atoms with Crippen LogP contribution in [0.5, 0.6) is 0 Å². The summed E-state index contributed by atoms with van der Waals surface area (Å²) in [4.78, 5) is 11.8. The summed E-state index contributed by atoms with van der Waals surface area (Å²) < 4.78 is 29.3. The molecule has 2 atom stereocenters. The van der Waals surface area contributed by atoms with E-state index in [1.807, 2.05) is 38.1 Å². The molecular formula is C21H28N4O4S. The first-order chi connectivity index (χ1) is 14.3. The number of fused-ring (bicyclic) bond motifs is 1. The van der Waals surface area contributed by atoms with Gasteiger partial charge in [0.2, 0.25) is 0 Å². The van der Waals surface area contributed by atoms with E-state index < -0.39 is 9.84 Å². The molecule has 0 unspecified atom stereocenters. The predicted molar refractivity (Wildman–Crippen MR) is 115 cm³/mol. The standard InChI is InChI=1S/C21H28N4O4S/c1-13(2)22-21(26)29-18-6-4-15(10-18)19-11-20(25-24-19)23-17-5-3-14-7-8-30(27,28)12-16(14)9-17/h3,5,9,11,13,15,18H,4,6-8,10,12H2,1-2H3,(H,22,26)(H2,23,24,25)/t15-,18+/m0/s1. The van der Waals surface area contributed by atoms with Crippen LogP contribution in [0.4, 0.5) is 16.3 Å². The highest BCUT2D eigenvalue weighted by molar-refractivity contribution is 7.90. The van der Waals surface area contributed by atoms with Crippen molar-refractivity contribution in [2.24, 2.45) is 0 Å². The van der Waals surface area contributed by atoms with Gasteiger partial charge in [0.25, 0.3) is 0 Å². The van der Waals surface area contributed by atoms with E-state index in [1.165, 1.54) is 0 Å². The van der Waals surface area contributed by atoms with Gasteiger partial charge in [0.05, 0.1) is 11.5 Å². The Morgan fingerprint density at radius 1 is 1.23 bits per heavy atom. The number of ether oxygens (including phenoxy) is 1. The van der Waals surface area contributed by atoms with Crippen LogP contribution < -0.4 is 10.6 Å².